The topological polar surface area (TPSA) is 20.2 Å². The Labute approximate surface area is 246 Å². The molecule has 0 radical (unpaired) electrons. The predicted octanol–water partition coefficient (Wildman–Crippen LogP) is 11.9. The maximum atomic E-state index is 10.9. The van der Waals surface area contributed by atoms with E-state index in [0.717, 1.165) is 30.1 Å². The van der Waals surface area contributed by atoms with Crippen LogP contribution in [-0.2, 0) is 0 Å². The van der Waals surface area contributed by atoms with E-state index in [1.165, 1.54) is 76.2 Å². The molecule has 5 saturated carbocycles. The Hall–Kier alpha value is -0.300. The Balaban J connectivity index is 0.000000602. The van der Waals surface area contributed by atoms with E-state index in [9.17, 15) is 5.11 Å². The molecule has 0 bridgehead atoms. The van der Waals surface area contributed by atoms with Crippen LogP contribution < -0.4 is 0 Å². The van der Waals surface area contributed by atoms with E-state index in [1.54, 1.807) is 0 Å². The minimum absolute atomic E-state index is 0.0632. The van der Waals surface area contributed by atoms with Crippen LogP contribution in [0.5, 0.6) is 0 Å². The number of allylic oxidation sites excluding steroid dienone is 1. The molecule has 0 amide bonds. The summed E-state index contributed by atoms with van der Waals surface area (Å²) in [6.07, 6.45) is 16.0. The fourth-order valence-electron chi connectivity index (χ4n) is 11.5. The van der Waals surface area contributed by atoms with Gasteiger partial charge in [0.25, 0.3) is 0 Å². The van der Waals surface area contributed by atoms with E-state index in [0.29, 0.717) is 27.6 Å². The molecule has 5 aliphatic rings. The number of fused-ring (bicyclic) bond motifs is 7. The van der Waals surface area contributed by atoms with Gasteiger partial charge >= 0.3 is 0 Å². The van der Waals surface area contributed by atoms with Crippen LogP contribution in [0.25, 0.3) is 0 Å². The van der Waals surface area contributed by atoms with Crippen molar-refractivity contribution in [3.05, 3.63) is 12.2 Å². The smallest absolute Gasteiger partial charge is 0.0594 e. The van der Waals surface area contributed by atoms with Gasteiger partial charge in [0.05, 0.1) is 6.10 Å². The number of rotatable bonds is 2. The lowest BCUT2D eigenvalue weighted by atomic mass is 9.32. The largest absolute Gasteiger partial charge is 0.393 e. The second kappa shape index (κ2) is 12.9. The van der Waals surface area contributed by atoms with E-state index in [2.05, 4.69) is 68.9 Å². The van der Waals surface area contributed by atoms with Crippen LogP contribution in [0, 0.1) is 56.7 Å². The summed E-state index contributed by atoms with van der Waals surface area (Å²) in [7, 11) is 0. The van der Waals surface area contributed by atoms with Crippen molar-refractivity contribution >= 4 is 0 Å². The van der Waals surface area contributed by atoms with Gasteiger partial charge in [0.15, 0.2) is 0 Å². The highest BCUT2D eigenvalue weighted by atomic mass is 16.3. The van der Waals surface area contributed by atoms with E-state index in [1.807, 2.05) is 27.7 Å². The lowest BCUT2D eigenvalue weighted by Gasteiger charge is -2.73. The maximum Gasteiger partial charge on any atom is 0.0594 e. The van der Waals surface area contributed by atoms with Gasteiger partial charge in [-0.3, -0.25) is 0 Å². The van der Waals surface area contributed by atoms with Crippen molar-refractivity contribution in [2.24, 2.45) is 56.7 Å². The third-order valence-electron chi connectivity index (χ3n) is 14.0. The molecule has 9 unspecified atom stereocenters. The fourth-order valence-corrected chi connectivity index (χ4v) is 11.5. The summed E-state index contributed by atoms with van der Waals surface area (Å²) >= 11 is 0. The van der Waals surface area contributed by atoms with Gasteiger partial charge in [0, 0.05) is 0 Å². The molecule has 0 heterocycles. The lowest BCUT2D eigenvalue weighted by molar-refractivity contribution is -0.246. The summed E-state index contributed by atoms with van der Waals surface area (Å²) in [5.74, 6) is 3.98. The molecule has 0 spiro atoms. The normalized spacial score (nSPS) is 47.1. The molecule has 230 valence electrons. The van der Waals surface area contributed by atoms with Crippen molar-refractivity contribution in [1.82, 2.24) is 0 Å². The second-order valence-electron chi connectivity index (χ2n) is 15.7. The number of unbranched alkanes of at least 4 members (excludes halogenated alkanes) is 1. The van der Waals surface area contributed by atoms with E-state index >= 15 is 0 Å². The summed E-state index contributed by atoms with van der Waals surface area (Å²) in [6.45, 7) is 34.7. The molecule has 0 aromatic rings. The van der Waals surface area contributed by atoms with Crippen molar-refractivity contribution in [3.8, 4) is 0 Å². The Morgan fingerprint density at radius 1 is 0.692 bits per heavy atom. The minimum atomic E-state index is -0.118. The van der Waals surface area contributed by atoms with Gasteiger partial charge in [-0.25, -0.2) is 0 Å². The van der Waals surface area contributed by atoms with Crippen molar-refractivity contribution in [2.45, 2.75) is 173 Å². The van der Waals surface area contributed by atoms with Crippen LogP contribution in [0.3, 0.4) is 0 Å². The van der Waals surface area contributed by atoms with Gasteiger partial charge in [0.1, 0.15) is 0 Å². The van der Waals surface area contributed by atoms with Crippen LogP contribution in [0.15, 0.2) is 12.2 Å². The Morgan fingerprint density at radius 3 is 1.82 bits per heavy atom. The van der Waals surface area contributed by atoms with Crippen molar-refractivity contribution < 1.29 is 5.11 Å². The number of hydrogen-bond donors (Lipinski definition) is 1. The first-order chi connectivity index (χ1) is 18.2. The lowest BCUT2D eigenvalue weighted by Crippen LogP contribution is -2.66. The second-order valence-corrected chi connectivity index (χ2v) is 15.7. The van der Waals surface area contributed by atoms with Crippen LogP contribution in [0.2, 0.25) is 0 Å². The Kier molecular flexibility index (Phi) is 11.6. The van der Waals surface area contributed by atoms with Gasteiger partial charge < -0.3 is 5.11 Å². The summed E-state index contributed by atoms with van der Waals surface area (Å²) in [5.41, 5.74) is 3.38. The first-order valence-corrected chi connectivity index (χ1v) is 17.6. The third kappa shape index (κ3) is 5.47. The molecular formula is C38H72O. The fraction of sp³-hybridized carbons (Fsp3) is 0.947. The predicted molar refractivity (Wildman–Crippen MR) is 174 cm³/mol. The SMILES string of the molecule is C=C(C)C1CCC2(C)CC[C@]3(C)C(CCC4C5(C)CCC(O)C(C)(C)C5CCC43C)C12.CC.CC.CCCC. The number of aliphatic hydroxyl groups excluding tert-OH is 1. The average Bonchev–Trinajstić information content (AvgIpc) is 3.27. The number of hydrogen-bond acceptors (Lipinski definition) is 1. The number of aliphatic hydroxyl groups is 1. The van der Waals surface area contributed by atoms with Gasteiger partial charge in [0.2, 0.25) is 0 Å². The van der Waals surface area contributed by atoms with Crippen LogP contribution in [0.1, 0.15) is 167 Å². The van der Waals surface area contributed by atoms with Crippen LogP contribution in [0.4, 0.5) is 0 Å². The van der Waals surface area contributed by atoms with Gasteiger partial charge in [-0.05, 0) is 128 Å². The van der Waals surface area contributed by atoms with Crippen LogP contribution >= 0.6 is 0 Å². The molecule has 0 aromatic heterocycles. The molecule has 0 saturated heterocycles. The third-order valence-corrected chi connectivity index (χ3v) is 14.0. The van der Waals surface area contributed by atoms with Crippen molar-refractivity contribution in [2.75, 3.05) is 0 Å². The first kappa shape index (κ1) is 34.9. The van der Waals surface area contributed by atoms with Crippen molar-refractivity contribution in [3.63, 3.8) is 0 Å². The molecule has 1 N–H and O–H groups in total. The summed E-state index contributed by atoms with van der Waals surface area (Å²) in [4.78, 5) is 0. The Morgan fingerprint density at radius 2 is 1.28 bits per heavy atom. The summed E-state index contributed by atoms with van der Waals surface area (Å²) in [5, 5.41) is 10.9. The molecule has 10 atom stereocenters. The highest BCUT2D eigenvalue weighted by molar-refractivity contribution is 5.21. The maximum absolute atomic E-state index is 10.9. The zero-order chi connectivity index (χ0) is 30.0. The molecule has 5 aliphatic carbocycles. The standard InChI is InChI=1S/C30H50O.C4H10.2C2H6/c1-19(2)20-11-14-27(5)17-18-29(7)21(25(20)27)9-10-23-28(6)15-13-24(31)26(3,4)22(28)12-16-30(23,29)8;1-3-4-2;2*1-2/h20-25,31H,1,9-18H2,2-8H3;3-4H2,1-2H3;2*1-2H3/t20?,21?,22?,23?,24?,25?,27?,28?,29-,30?;;;/m1.../s1. The molecule has 5 fully saturated rings. The molecule has 39 heavy (non-hydrogen) atoms. The summed E-state index contributed by atoms with van der Waals surface area (Å²) in [6, 6.07) is 0. The zero-order valence-electron chi connectivity index (χ0n) is 29.1. The van der Waals surface area contributed by atoms with Gasteiger partial charge in [-0.2, -0.15) is 0 Å². The highest BCUT2D eigenvalue weighted by Gasteiger charge is 2.70. The summed E-state index contributed by atoms with van der Waals surface area (Å²) < 4.78 is 0. The molecule has 5 rings (SSSR count). The van der Waals surface area contributed by atoms with Crippen molar-refractivity contribution in [1.29, 1.82) is 0 Å². The minimum Gasteiger partial charge on any atom is -0.393 e. The van der Waals surface area contributed by atoms with Gasteiger partial charge in [-0.1, -0.05) is 108 Å². The highest BCUT2D eigenvalue weighted by Crippen LogP contribution is 2.77. The molecule has 0 aliphatic heterocycles. The van der Waals surface area contributed by atoms with Gasteiger partial charge in [-0.15, -0.1) is 0 Å². The monoisotopic (exact) mass is 545 g/mol. The quantitative estimate of drug-likeness (QED) is 0.343. The van der Waals surface area contributed by atoms with E-state index < -0.39 is 0 Å². The van der Waals surface area contributed by atoms with E-state index in [-0.39, 0.29) is 11.5 Å². The van der Waals surface area contributed by atoms with E-state index in [4.69, 9.17) is 0 Å². The molecule has 1 heteroatoms. The first-order valence-electron chi connectivity index (χ1n) is 17.6. The molecular weight excluding hydrogens is 472 g/mol. The van der Waals surface area contributed by atoms with Crippen LogP contribution in [-0.4, -0.2) is 11.2 Å². The average molecular weight is 545 g/mol. The Bertz CT molecular complexity index is 795. The zero-order valence-corrected chi connectivity index (χ0v) is 29.1. The molecule has 1 nitrogen and oxygen atoms in total. The molecule has 0 aromatic carbocycles.